The molecule has 1 aromatic rings. The van der Waals surface area contributed by atoms with E-state index in [1.165, 1.54) is 5.56 Å². The van der Waals surface area contributed by atoms with Crippen molar-refractivity contribution in [2.24, 2.45) is 5.92 Å². The summed E-state index contributed by atoms with van der Waals surface area (Å²) in [5.41, 5.74) is 1.77. The second-order valence-electron chi connectivity index (χ2n) is 5.61. The third-order valence-corrected chi connectivity index (χ3v) is 3.63. The highest BCUT2D eigenvalue weighted by Gasteiger charge is 2.41. The van der Waals surface area contributed by atoms with Crippen LogP contribution in [0.25, 0.3) is 0 Å². The predicted molar refractivity (Wildman–Crippen MR) is 84.3 cm³/mol. The summed E-state index contributed by atoms with van der Waals surface area (Å²) in [4.78, 5) is 11.5. The molecule has 1 saturated heterocycles. The maximum absolute atomic E-state index is 11.5. The fraction of sp³-hybridized carbons (Fsp3) is 0.500. The number of rotatable bonds is 8. The molecular formula is C18H24O4. The zero-order chi connectivity index (χ0) is 15.9. The monoisotopic (exact) mass is 304 g/mol. The van der Waals surface area contributed by atoms with Crippen LogP contribution in [-0.2, 0) is 25.6 Å². The number of carbonyl (C=O) groups is 1. The van der Waals surface area contributed by atoms with Gasteiger partial charge in [-0.1, -0.05) is 37.3 Å². The van der Waals surface area contributed by atoms with E-state index in [0.29, 0.717) is 31.3 Å². The Morgan fingerprint density at radius 3 is 2.77 bits per heavy atom. The minimum absolute atomic E-state index is 0.000249. The van der Waals surface area contributed by atoms with Gasteiger partial charge in [-0.3, -0.25) is 0 Å². The van der Waals surface area contributed by atoms with Crippen LogP contribution in [0, 0.1) is 5.92 Å². The molecule has 3 atom stereocenters. The van der Waals surface area contributed by atoms with Gasteiger partial charge in [-0.2, -0.15) is 0 Å². The average molecular weight is 304 g/mol. The Balaban J connectivity index is 1.70. The Hall–Kier alpha value is -1.65. The van der Waals surface area contributed by atoms with E-state index >= 15 is 0 Å². The summed E-state index contributed by atoms with van der Waals surface area (Å²) >= 11 is 0. The molecular weight excluding hydrogens is 280 g/mol. The number of esters is 1. The Morgan fingerprint density at radius 2 is 2.09 bits per heavy atom. The van der Waals surface area contributed by atoms with E-state index in [1.807, 2.05) is 36.4 Å². The number of ether oxygens (including phenoxy) is 3. The third kappa shape index (κ3) is 4.97. The molecule has 0 aromatic heterocycles. The molecule has 120 valence electrons. The zero-order valence-electron chi connectivity index (χ0n) is 13.5. The fourth-order valence-electron chi connectivity index (χ4n) is 2.32. The number of hydrogen-bond acceptors (Lipinski definition) is 4. The number of carbonyl (C=O) groups excluding carboxylic acids is 1. The van der Waals surface area contributed by atoms with Crippen molar-refractivity contribution in [3.05, 3.63) is 47.5 Å². The van der Waals surface area contributed by atoms with Gasteiger partial charge in [-0.15, -0.1) is 0 Å². The Kier molecular flexibility index (Phi) is 6.16. The maximum atomic E-state index is 11.5. The number of epoxide rings is 1. The lowest BCUT2D eigenvalue weighted by atomic mass is 10.1. The Labute approximate surface area is 132 Å². The third-order valence-electron chi connectivity index (χ3n) is 3.63. The van der Waals surface area contributed by atoms with E-state index in [4.69, 9.17) is 14.2 Å². The van der Waals surface area contributed by atoms with E-state index in [0.717, 1.165) is 0 Å². The lowest BCUT2D eigenvalue weighted by Gasteiger charge is -2.09. The molecule has 1 fully saturated rings. The molecule has 0 spiro atoms. The van der Waals surface area contributed by atoms with Crippen molar-refractivity contribution >= 4 is 5.97 Å². The van der Waals surface area contributed by atoms with Gasteiger partial charge in [0.15, 0.2) is 0 Å². The van der Waals surface area contributed by atoms with Crippen molar-refractivity contribution in [3.63, 3.8) is 0 Å². The zero-order valence-corrected chi connectivity index (χ0v) is 13.5. The number of benzene rings is 1. The lowest BCUT2D eigenvalue weighted by Crippen LogP contribution is -2.14. The van der Waals surface area contributed by atoms with Crippen molar-refractivity contribution in [2.45, 2.75) is 39.6 Å². The molecule has 1 heterocycles. The standard InChI is InChI=1S/C18H24O4/c1-4-21-18(19)13(2)10-16-17(22-16)14(3)11-20-12-15-8-6-5-7-9-15/h5-10,14,16-17H,4,11-12H2,1-3H3/b13-10+/t14-,16-,17-/m1/s1. The molecule has 4 heteroatoms. The van der Waals surface area contributed by atoms with Crippen LogP contribution in [0.15, 0.2) is 42.0 Å². The molecule has 0 amide bonds. The van der Waals surface area contributed by atoms with Gasteiger partial charge in [0, 0.05) is 11.5 Å². The molecule has 0 bridgehead atoms. The van der Waals surface area contributed by atoms with Crippen molar-refractivity contribution in [2.75, 3.05) is 13.2 Å². The van der Waals surface area contributed by atoms with Gasteiger partial charge in [0.25, 0.3) is 0 Å². The van der Waals surface area contributed by atoms with Crippen LogP contribution in [0.2, 0.25) is 0 Å². The maximum Gasteiger partial charge on any atom is 0.333 e. The molecule has 1 aliphatic rings. The summed E-state index contributed by atoms with van der Waals surface area (Å²) in [7, 11) is 0. The smallest absolute Gasteiger partial charge is 0.333 e. The van der Waals surface area contributed by atoms with E-state index in [9.17, 15) is 4.79 Å². The van der Waals surface area contributed by atoms with Gasteiger partial charge in [0.1, 0.15) is 6.10 Å². The predicted octanol–water partition coefficient (Wildman–Crippen LogP) is 3.12. The molecule has 4 nitrogen and oxygen atoms in total. The van der Waals surface area contributed by atoms with E-state index in [-0.39, 0.29) is 18.2 Å². The van der Waals surface area contributed by atoms with Gasteiger partial charge >= 0.3 is 5.97 Å². The second-order valence-corrected chi connectivity index (χ2v) is 5.61. The summed E-state index contributed by atoms with van der Waals surface area (Å²) in [5.74, 6) is 0.0182. The van der Waals surface area contributed by atoms with Crippen LogP contribution in [0.3, 0.4) is 0 Å². The van der Waals surface area contributed by atoms with Crippen molar-refractivity contribution in [1.82, 2.24) is 0 Å². The van der Waals surface area contributed by atoms with Gasteiger partial charge in [-0.25, -0.2) is 4.79 Å². The van der Waals surface area contributed by atoms with Crippen molar-refractivity contribution in [3.8, 4) is 0 Å². The highest BCUT2D eigenvalue weighted by Crippen LogP contribution is 2.31. The van der Waals surface area contributed by atoms with Gasteiger partial charge in [0.2, 0.25) is 0 Å². The molecule has 0 N–H and O–H groups in total. The molecule has 0 saturated carbocycles. The average Bonchev–Trinajstić information content (AvgIpc) is 3.27. The van der Waals surface area contributed by atoms with E-state index in [1.54, 1.807) is 13.8 Å². The number of hydrogen-bond donors (Lipinski definition) is 0. The Bertz CT molecular complexity index is 509. The van der Waals surface area contributed by atoms with E-state index < -0.39 is 0 Å². The van der Waals surface area contributed by atoms with Crippen molar-refractivity contribution in [1.29, 1.82) is 0 Å². The molecule has 1 aliphatic heterocycles. The largest absolute Gasteiger partial charge is 0.463 e. The molecule has 0 aliphatic carbocycles. The van der Waals surface area contributed by atoms with Crippen molar-refractivity contribution < 1.29 is 19.0 Å². The van der Waals surface area contributed by atoms with Crippen LogP contribution in [0.4, 0.5) is 0 Å². The van der Waals surface area contributed by atoms with Crippen LogP contribution >= 0.6 is 0 Å². The molecule has 0 unspecified atom stereocenters. The normalized spacial score (nSPS) is 22.2. The second kappa shape index (κ2) is 8.11. The topological polar surface area (TPSA) is 48.1 Å². The van der Waals surface area contributed by atoms with Crippen LogP contribution in [0.1, 0.15) is 26.3 Å². The first-order valence-electron chi connectivity index (χ1n) is 7.74. The SMILES string of the molecule is CCOC(=O)/C(C)=C/[C@H]1O[C@@H]1[C@H](C)COCc1ccccc1. The first kappa shape index (κ1) is 16.7. The summed E-state index contributed by atoms with van der Waals surface area (Å²) in [5, 5.41) is 0. The van der Waals surface area contributed by atoms with Crippen LogP contribution in [0.5, 0.6) is 0 Å². The van der Waals surface area contributed by atoms with Crippen LogP contribution in [-0.4, -0.2) is 31.4 Å². The fourth-order valence-corrected chi connectivity index (χ4v) is 2.32. The minimum Gasteiger partial charge on any atom is -0.463 e. The quantitative estimate of drug-likeness (QED) is 0.420. The molecule has 0 radical (unpaired) electrons. The summed E-state index contributed by atoms with van der Waals surface area (Å²) in [6.07, 6.45) is 1.97. The highest BCUT2D eigenvalue weighted by molar-refractivity contribution is 5.87. The molecule has 2 rings (SSSR count). The molecule has 1 aromatic carbocycles. The Morgan fingerprint density at radius 1 is 1.36 bits per heavy atom. The van der Waals surface area contributed by atoms with Gasteiger partial charge in [-0.05, 0) is 25.5 Å². The first-order valence-corrected chi connectivity index (χ1v) is 7.74. The molecule has 22 heavy (non-hydrogen) atoms. The van der Waals surface area contributed by atoms with Crippen LogP contribution < -0.4 is 0 Å². The van der Waals surface area contributed by atoms with E-state index in [2.05, 4.69) is 6.92 Å². The summed E-state index contributed by atoms with van der Waals surface area (Å²) in [6.45, 7) is 7.30. The van der Waals surface area contributed by atoms with Gasteiger partial charge in [0.05, 0.1) is 25.9 Å². The summed E-state index contributed by atoms with van der Waals surface area (Å²) in [6, 6.07) is 10.1. The minimum atomic E-state index is -0.273. The summed E-state index contributed by atoms with van der Waals surface area (Å²) < 4.78 is 16.3. The lowest BCUT2D eigenvalue weighted by molar-refractivity contribution is -0.138. The van der Waals surface area contributed by atoms with Gasteiger partial charge < -0.3 is 14.2 Å². The highest BCUT2D eigenvalue weighted by atomic mass is 16.6. The first-order chi connectivity index (χ1) is 10.6.